The molecular formula is C14H21ClN4. The molecule has 0 bridgehead atoms. The molecule has 0 aliphatic heterocycles. The molecule has 0 fully saturated rings. The SMILES string of the molecule is CC(C)CC(CN(C)C)Nc1nccc(C#N)c1Cl. The number of nitrogens with zero attached hydrogens (tertiary/aromatic N) is 3. The maximum atomic E-state index is 8.97. The Morgan fingerprint density at radius 2 is 2.16 bits per heavy atom. The predicted octanol–water partition coefficient (Wildman–Crippen LogP) is 2.99. The second-order valence-electron chi connectivity index (χ2n) is 5.37. The Morgan fingerprint density at radius 1 is 1.47 bits per heavy atom. The van der Waals surface area contributed by atoms with Crippen molar-refractivity contribution in [1.82, 2.24) is 9.88 Å². The van der Waals surface area contributed by atoms with E-state index in [2.05, 4.69) is 35.1 Å². The van der Waals surface area contributed by atoms with Crippen molar-refractivity contribution < 1.29 is 0 Å². The number of aromatic nitrogens is 1. The summed E-state index contributed by atoms with van der Waals surface area (Å²) in [5, 5.41) is 12.7. The summed E-state index contributed by atoms with van der Waals surface area (Å²) in [5.74, 6) is 1.17. The number of pyridine rings is 1. The molecule has 19 heavy (non-hydrogen) atoms. The van der Waals surface area contributed by atoms with Crippen LogP contribution in [0.2, 0.25) is 5.02 Å². The quantitative estimate of drug-likeness (QED) is 0.870. The monoisotopic (exact) mass is 280 g/mol. The molecule has 5 heteroatoms. The van der Waals surface area contributed by atoms with Crippen molar-refractivity contribution >= 4 is 17.4 Å². The fraction of sp³-hybridized carbons (Fsp3) is 0.571. The molecule has 0 spiro atoms. The first kappa shape index (κ1) is 15.7. The average molecular weight is 281 g/mol. The van der Waals surface area contributed by atoms with Gasteiger partial charge < -0.3 is 10.2 Å². The molecule has 0 saturated heterocycles. The third-order valence-corrected chi connectivity index (χ3v) is 3.07. The zero-order valence-electron chi connectivity index (χ0n) is 11.9. The van der Waals surface area contributed by atoms with Crippen LogP contribution in [0.15, 0.2) is 12.3 Å². The maximum Gasteiger partial charge on any atom is 0.146 e. The summed E-state index contributed by atoms with van der Waals surface area (Å²) in [6, 6.07) is 3.95. The van der Waals surface area contributed by atoms with Gasteiger partial charge in [0.25, 0.3) is 0 Å². The summed E-state index contributed by atoms with van der Waals surface area (Å²) in [7, 11) is 4.07. The van der Waals surface area contributed by atoms with Gasteiger partial charge in [0.1, 0.15) is 16.9 Å². The molecule has 0 radical (unpaired) electrons. The van der Waals surface area contributed by atoms with E-state index in [1.165, 1.54) is 0 Å². The molecule has 1 rings (SSSR count). The van der Waals surface area contributed by atoms with Crippen LogP contribution in [-0.2, 0) is 0 Å². The second-order valence-corrected chi connectivity index (χ2v) is 5.74. The third-order valence-electron chi connectivity index (χ3n) is 2.69. The number of nitrogens with one attached hydrogen (secondary N) is 1. The lowest BCUT2D eigenvalue weighted by molar-refractivity contribution is 0.356. The summed E-state index contributed by atoms with van der Waals surface area (Å²) < 4.78 is 0. The fourth-order valence-electron chi connectivity index (χ4n) is 2.01. The Morgan fingerprint density at radius 3 is 2.68 bits per heavy atom. The Labute approximate surface area is 120 Å². The highest BCUT2D eigenvalue weighted by molar-refractivity contribution is 6.34. The van der Waals surface area contributed by atoms with Gasteiger partial charge in [-0.2, -0.15) is 5.26 Å². The summed E-state index contributed by atoms with van der Waals surface area (Å²) in [5.41, 5.74) is 0.451. The van der Waals surface area contributed by atoms with E-state index in [0.29, 0.717) is 22.3 Å². The minimum absolute atomic E-state index is 0.258. The maximum absolute atomic E-state index is 8.97. The van der Waals surface area contributed by atoms with Gasteiger partial charge in [-0.1, -0.05) is 25.4 Å². The number of halogens is 1. The van der Waals surface area contributed by atoms with Gasteiger partial charge in [-0.3, -0.25) is 0 Å². The standard InChI is InChI=1S/C14H21ClN4/c1-10(2)7-12(9-19(3)4)18-14-13(15)11(8-16)5-6-17-14/h5-6,10,12H,7,9H2,1-4H3,(H,17,18). The first-order valence-corrected chi connectivity index (χ1v) is 6.77. The van der Waals surface area contributed by atoms with Crippen LogP contribution in [0, 0.1) is 17.2 Å². The highest BCUT2D eigenvalue weighted by atomic mass is 35.5. The van der Waals surface area contributed by atoms with Crippen LogP contribution in [-0.4, -0.2) is 36.6 Å². The van der Waals surface area contributed by atoms with Crippen molar-refractivity contribution in [2.24, 2.45) is 5.92 Å². The number of nitriles is 1. The van der Waals surface area contributed by atoms with Crippen molar-refractivity contribution in [3.05, 3.63) is 22.8 Å². The lowest BCUT2D eigenvalue weighted by atomic mass is 10.0. The van der Waals surface area contributed by atoms with Crippen LogP contribution >= 0.6 is 11.6 Å². The highest BCUT2D eigenvalue weighted by Gasteiger charge is 2.15. The molecule has 1 N–H and O–H groups in total. The molecule has 0 saturated carbocycles. The van der Waals surface area contributed by atoms with Crippen LogP contribution in [0.1, 0.15) is 25.8 Å². The van der Waals surface area contributed by atoms with Gasteiger partial charge in [-0.25, -0.2) is 4.98 Å². The van der Waals surface area contributed by atoms with Crippen molar-refractivity contribution in [3.63, 3.8) is 0 Å². The van der Waals surface area contributed by atoms with Gasteiger partial charge in [0, 0.05) is 18.8 Å². The number of likely N-dealkylation sites (N-methyl/N-ethyl adjacent to an activating group) is 1. The molecular weight excluding hydrogens is 260 g/mol. The van der Waals surface area contributed by atoms with Gasteiger partial charge >= 0.3 is 0 Å². The van der Waals surface area contributed by atoms with E-state index in [1.807, 2.05) is 14.1 Å². The van der Waals surface area contributed by atoms with E-state index in [9.17, 15) is 0 Å². The van der Waals surface area contributed by atoms with Crippen molar-refractivity contribution in [3.8, 4) is 6.07 Å². The molecule has 0 aliphatic rings. The van der Waals surface area contributed by atoms with Crippen molar-refractivity contribution in [2.75, 3.05) is 26.0 Å². The van der Waals surface area contributed by atoms with E-state index in [4.69, 9.17) is 16.9 Å². The van der Waals surface area contributed by atoms with Gasteiger partial charge in [-0.05, 0) is 32.5 Å². The predicted molar refractivity (Wildman–Crippen MR) is 79.4 cm³/mol. The molecule has 4 nitrogen and oxygen atoms in total. The Hall–Kier alpha value is -1.31. The van der Waals surface area contributed by atoms with Gasteiger partial charge in [0.05, 0.1) is 5.56 Å². The summed E-state index contributed by atoms with van der Waals surface area (Å²) in [6.45, 7) is 5.27. The summed E-state index contributed by atoms with van der Waals surface area (Å²) in [6.07, 6.45) is 2.63. The second kappa shape index (κ2) is 7.32. The molecule has 1 heterocycles. The van der Waals surface area contributed by atoms with Crippen LogP contribution in [0.3, 0.4) is 0 Å². The molecule has 0 aliphatic carbocycles. The molecule has 0 amide bonds. The average Bonchev–Trinajstić information content (AvgIpc) is 2.30. The molecule has 0 aromatic carbocycles. The van der Waals surface area contributed by atoms with E-state index in [-0.39, 0.29) is 6.04 Å². The van der Waals surface area contributed by atoms with Crippen LogP contribution in [0.25, 0.3) is 0 Å². The lowest BCUT2D eigenvalue weighted by Gasteiger charge is -2.24. The topological polar surface area (TPSA) is 52.0 Å². The Bertz CT molecular complexity index is 441. The van der Waals surface area contributed by atoms with Crippen LogP contribution < -0.4 is 5.32 Å². The zero-order valence-corrected chi connectivity index (χ0v) is 12.7. The first-order chi connectivity index (χ1) is 8.93. The first-order valence-electron chi connectivity index (χ1n) is 6.40. The van der Waals surface area contributed by atoms with E-state index in [1.54, 1.807) is 12.3 Å². The lowest BCUT2D eigenvalue weighted by Crippen LogP contribution is -2.33. The van der Waals surface area contributed by atoms with Gasteiger partial charge in [0.2, 0.25) is 0 Å². The normalized spacial score (nSPS) is 12.5. The largest absolute Gasteiger partial charge is 0.365 e. The van der Waals surface area contributed by atoms with Crippen LogP contribution in [0.5, 0.6) is 0 Å². The minimum Gasteiger partial charge on any atom is -0.365 e. The number of hydrogen-bond donors (Lipinski definition) is 1. The molecule has 104 valence electrons. The Balaban J connectivity index is 2.87. The van der Waals surface area contributed by atoms with Gasteiger partial charge in [-0.15, -0.1) is 0 Å². The molecule has 1 atom stereocenters. The van der Waals surface area contributed by atoms with E-state index >= 15 is 0 Å². The van der Waals surface area contributed by atoms with Crippen LogP contribution in [0.4, 0.5) is 5.82 Å². The minimum atomic E-state index is 0.258. The highest BCUT2D eigenvalue weighted by Crippen LogP contribution is 2.24. The fourth-order valence-corrected chi connectivity index (χ4v) is 2.22. The molecule has 1 aromatic heterocycles. The zero-order chi connectivity index (χ0) is 14.4. The summed E-state index contributed by atoms with van der Waals surface area (Å²) in [4.78, 5) is 6.36. The van der Waals surface area contributed by atoms with Crippen molar-refractivity contribution in [1.29, 1.82) is 5.26 Å². The third kappa shape index (κ3) is 5.06. The van der Waals surface area contributed by atoms with E-state index in [0.717, 1.165) is 13.0 Å². The molecule has 1 aromatic rings. The molecule has 1 unspecified atom stereocenters. The van der Waals surface area contributed by atoms with Crippen molar-refractivity contribution in [2.45, 2.75) is 26.3 Å². The number of hydrogen-bond acceptors (Lipinski definition) is 4. The summed E-state index contributed by atoms with van der Waals surface area (Å²) >= 11 is 6.16. The van der Waals surface area contributed by atoms with Gasteiger partial charge in [0.15, 0.2) is 0 Å². The number of anilines is 1. The van der Waals surface area contributed by atoms with E-state index < -0.39 is 0 Å². The smallest absolute Gasteiger partial charge is 0.146 e. The Kier molecular flexibility index (Phi) is 6.07. The number of rotatable bonds is 6.